The van der Waals surface area contributed by atoms with Crippen LogP contribution in [0.1, 0.15) is 38.9 Å². The summed E-state index contributed by atoms with van der Waals surface area (Å²) in [6.45, 7) is 9.28. The normalized spacial score (nSPS) is 19.2. The Kier molecular flexibility index (Phi) is 4.66. The third kappa shape index (κ3) is 3.63. The molecular formula is C25H31N5O. The Labute approximate surface area is 183 Å². The monoisotopic (exact) mass is 417 g/mol. The number of benzene rings is 1. The summed E-state index contributed by atoms with van der Waals surface area (Å²) in [5.74, 6) is 1.70. The molecule has 3 aromatic rings. The summed E-state index contributed by atoms with van der Waals surface area (Å²) in [6.07, 6.45) is 7.22. The van der Waals surface area contributed by atoms with Gasteiger partial charge in [-0.3, -0.25) is 4.79 Å². The van der Waals surface area contributed by atoms with E-state index in [1.165, 1.54) is 12.8 Å². The number of nitrogens with one attached hydrogen (secondary N) is 1. The number of pyridine rings is 1. The van der Waals surface area contributed by atoms with Crippen LogP contribution < -0.4 is 5.32 Å². The lowest BCUT2D eigenvalue weighted by molar-refractivity contribution is -0.137. The minimum atomic E-state index is -0.296. The van der Waals surface area contributed by atoms with E-state index in [4.69, 9.17) is 0 Å². The predicted octanol–water partition coefficient (Wildman–Crippen LogP) is 4.39. The molecule has 2 aliphatic rings. The number of likely N-dealkylation sites (tertiary alicyclic amines) is 1. The van der Waals surface area contributed by atoms with Gasteiger partial charge in [0, 0.05) is 43.8 Å². The number of amides is 1. The molecule has 1 aliphatic heterocycles. The number of carbonyl (C=O) groups excluding carboxylic acids is 1. The molecule has 1 amide bonds. The number of imidazole rings is 1. The lowest BCUT2D eigenvalue weighted by Crippen LogP contribution is -2.62. The van der Waals surface area contributed by atoms with Crippen LogP contribution in [0.15, 0.2) is 36.7 Å². The van der Waals surface area contributed by atoms with Crippen LogP contribution >= 0.6 is 0 Å². The Balaban J connectivity index is 1.34. The second-order valence-corrected chi connectivity index (χ2v) is 9.92. The molecule has 0 atom stereocenters. The fourth-order valence-electron chi connectivity index (χ4n) is 4.75. The van der Waals surface area contributed by atoms with Crippen molar-refractivity contribution in [3.63, 3.8) is 0 Å². The lowest BCUT2D eigenvalue weighted by Gasteiger charge is -2.49. The number of anilines is 1. The van der Waals surface area contributed by atoms with Crippen LogP contribution in [0, 0.1) is 17.8 Å². The van der Waals surface area contributed by atoms with Crippen LogP contribution in [-0.4, -0.2) is 45.0 Å². The van der Waals surface area contributed by atoms with Gasteiger partial charge in [-0.2, -0.15) is 0 Å². The maximum Gasteiger partial charge on any atom is 0.234 e. The zero-order chi connectivity index (χ0) is 21.8. The Morgan fingerprint density at radius 2 is 1.90 bits per heavy atom. The standard InChI is InChI=1S/C25H31N5O/c1-5-25(15-30(16-25)14-24(3)8-9-24)23(31)28-22-11-20-10-18(6-7-19(20)12-27-22)21-13-26-17(2)29(21)4/h6-7,10-13H,5,8-9,14-16H2,1-4H3,(H,27,28,31). The highest BCUT2D eigenvalue weighted by molar-refractivity contribution is 5.97. The number of rotatable bonds is 6. The molecule has 162 valence electrons. The molecule has 2 fully saturated rings. The van der Waals surface area contributed by atoms with Crippen molar-refractivity contribution in [2.24, 2.45) is 17.9 Å². The van der Waals surface area contributed by atoms with Gasteiger partial charge < -0.3 is 14.8 Å². The van der Waals surface area contributed by atoms with Gasteiger partial charge in [0.2, 0.25) is 5.91 Å². The van der Waals surface area contributed by atoms with Crippen molar-refractivity contribution >= 4 is 22.5 Å². The highest BCUT2D eigenvalue weighted by atomic mass is 16.2. The summed E-state index contributed by atoms with van der Waals surface area (Å²) >= 11 is 0. The summed E-state index contributed by atoms with van der Waals surface area (Å²) in [4.78, 5) is 24.5. The maximum absolute atomic E-state index is 13.2. The molecule has 0 bridgehead atoms. The van der Waals surface area contributed by atoms with Gasteiger partial charge >= 0.3 is 0 Å². The highest BCUT2D eigenvalue weighted by Crippen LogP contribution is 2.48. The summed E-state index contributed by atoms with van der Waals surface area (Å²) < 4.78 is 2.08. The van der Waals surface area contributed by atoms with E-state index in [0.29, 0.717) is 11.2 Å². The molecule has 1 saturated carbocycles. The van der Waals surface area contributed by atoms with Crippen molar-refractivity contribution in [2.75, 3.05) is 25.0 Å². The minimum absolute atomic E-state index is 0.0949. The van der Waals surface area contributed by atoms with Gasteiger partial charge in [-0.05, 0) is 49.1 Å². The Bertz CT molecular complexity index is 1150. The Hall–Kier alpha value is -2.73. The van der Waals surface area contributed by atoms with E-state index >= 15 is 0 Å². The van der Waals surface area contributed by atoms with Crippen molar-refractivity contribution in [1.82, 2.24) is 19.4 Å². The van der Waals surface area contributed by atoms with Crippen LogP contribution in [0.4, 0.5) is 5.82 Å². The summed E-state index contributed by atoms with van der Waals surface area (Å²) in [6, 6.07) is 8.28. The first kappa shape index (κ1) is 20.2. The average molecular weight is 418 g/mol. The van der Waals surface area contributed by atoms with E-state index < -0.39 is 0 Å². The van der Waals surface area contributed by atoms with Gasteiger partial charge in [-0.1, -0.05) is 26.0 Å². The molecule has 31 heavy (non-hydrogen) atoms. The third-order valence-electron chi connectivity index (χ3n) is 7.40. The van der Waals surface area contributed by atoms with Gasteiger partial charge in [-0.15, -0.1) is 0 Å². The summed E-state index contributed by atoms with van der Waals surface area (Å²) in [5.41, 5.74) is 2.37. The summed E-state index contributed by atoms with van der Waals surface area (Å²) in [5, 5.41) is 5.22. The topological polar surface area (TPSA) is 63.1 Å². The molecule has 1 aromatic carbocycles. The Morgan fingerprint density at radius 3 is 2.55 bits per heavy atom. The number of fused-ring (bicyclic) bond motifs is 1. The number of hydrogen-bond donors (Lipinski definition) is 1. The zero-order valence-corrected chi connectivity index (χ0v) is 18.9. The quantitative estimate of drug-likeness (QED) is 0.646. The van der Waals surface area contributed by atoms with Crippen molar-refractivity contribution in [1.29, 1.82) is 0 Å². The molecule has 6 heteroatoms. The number of aromatic nitrogens is 3. The second-order valence-electron chi connectivity index (χ2n) is 9.92. The number of aryl methyl sites for hydroxylation is 1. The molecule has 1 saturated heterocycles. The van der Waals surface area contributed by atoms with Gasteiger partial charge in [-0.25, -0.2) is 9.97 Å². The second kappa shape index (κ2) is 7.16. The molecule has 0 radical (unpaired) electrons. The van der Waals surface area contributed by atoms with E-state index in [9.17, 15) is 4.79 Å². The van der Waals surface area contributed by atoms with Crippen LogP contribution in [0.5, 0.6) is 0 Å². The molecule has 1 N–H and O–H groups in total. The minimum Gasteiger partial charge on any atom is -0.331 e. The van der Waals surface area contributed by atoms with Crippen molar-refractivity contribution in [3.05, 3.63) is 42.5 Å². The SMILES string of the molecule is CCC1(C(=O)Nc2cc3cc(-c4cnc(C)n4C)ccc3cn2)CN(CC2(C)CC2)C1. The fraction of sp³-hybridized carbons (Fsp3) is 0.480. The first-order valence-corrected chi connectivity index (χ1v) is 11.2. The molecule has 2 aromatic heterocycles. The van der Waals surface area contributed by atoms with Crippen LogP contribution in [0.3, 0.4) is 0 Å². The number of nitrogens with zero attached hydrogens (tertiary/aromatic N) is 4. The molecular weight excluding hydrogens is 386 g/mol. The van der Waals surface area contributed by atoms with Crippen molar-refractivity contribution in [3.8, 4) is 11.3 Å². The number of hydrogen-bond acceptors (Lipinski definition) is 4. The van der Waals surface area contributed by atoms with Crippen LogP contribution in [-0.2, 0) is 11.8 Å². The molecule has 0 spiro atoms. The van der Waals surface area contributed by atoms with Gasteiger partial charge in [0.1, 0.15) is 11.6 Å². The van der Waals surface area contributed by atoms with E-state index in [0.717, 1.165) is 53.9 Å². The molecule has 5 rings (SSSR count). The largest absolute Gasteiger partial charge is 0.331 e. The molecule has 6 nitrogen and oxygen atoms in total. The van der Waals surface area contributed by atoms with E-state index in [-0.39, 0.29) is 11.3 Å². The predicted molar refractivity (Wildman–Crippen MR) is 124 cm³/mol. The fourth-order valence-corrected chi connectivity index (χ4v) is 4.75. The van der Waals surface area contributed by atoms with Gasteiger partial charge in [0.25, 0.3) is 0 Å². The van der Waals surface area contributed by atoms with Gasteiger partial charge in [0.15, 0.2) is 0 Å². The smallest absolute Gasteiger partial charge is 0.234 e. The van der Waals surface area contributed by atoms with Crippen LogP contribution in [0.25, 0.3) is 22.0 Å². The van der Waals surface area contributed by atoms with Gasteiger partial charge in [0.05, 0.1) is 17.3 Å². The Morgan fingerprint density at radius 1 is 1.13 bits per heavy atom. The van der Waals surface area contributed by atoms with Crippen molar-refractivity contribution in [2.45, 2.75) is 40.0 Å². The number of carbonyl (C=O) groups is 1. The van der Waals surface area contributed by atoms with Crippen LogP contribution in [0.2, 0.25) is 0 Å². The molecule has 0 unspecified atom stereocenters. The summed E-state index contributed by atoms with van der Waals surface area (Å²) in [7, 11) is 2.02. The van der Waals surface area contributed by atoms with E-state index in [1.54, 1.807) is 0 Å². The maximum atomic E-state index is 13.2. The third-order valence-corrected chi connectivity index (χ3v) is 7.40. The average Bonchev–Trinajstić information content (AvgIpc) is 3.37. The van der Waals surface area contributed by atoms with E-state index in [1.807, 2.05) is 32.4 Å². The van der Waals surface area contributed by atoms with E-state index in [2.05, 4.69) is 56.8 Å². The zero-order valence-electron chi connectivity index (χ0n) is 18.9. The molecule has 3 heterocycles. The van der Waals surface area contributed by atoms with Crippen molar-refractivity contribution < 1.29 is 4.79 Å². The molecule has 1 aliphatic carbocycles. The first-order valence-electron chi connectivity index (χ1n) is 11.2. The highest BCUT2D eigenvalue weighted by Gasteiger charge is 2.51. The first-order chi connectivity index (χ1) is 14.8. The lowest BCUT2D eigenvalue weighted by atomic mass is 9.76.